The molecule has 0 bridgehead atoms. The first-order valence-corrected chi connectivity index (χ1v) is 10.8. The van der Waals surface area contributed by atoms with Crippen LogP contribution in [0.25, 0.3) is 16.5 Å². The highest BCUT2D eigenvalue weighted by molar-refractivity contribution is 6.18. The third kappa shape index (κ3) is 3.70. The van der Waals surface area contributed by atoms with Crippen molar-refractivity contribution in [1.29, 1.82) is 0 Å². The Balaban J connectivity index is 1.94. The number of H-pyrrole nitrogens is 1. The van der Waals surface area contributed by atoms with Crippen LogP contribution in [-0.2, 0) is 14.9 Å². The van der Waals surface area contributed by atoms with E-state index in [2.05, 4.69) is 18.8 Å². The van der Waals surface area contributed by atoms with Crippen molar-refractivity contribution in [3.63, 3.8) is 0 Å². The minimum atomic E-state index is -0.594. The summed E-state index contributed by atoms with van der Waals surface area (Å²) in [4.78, 5) is 31.4. The van der Waals surface area contributed by atoms with Crippen molar-refractivity contribution < 1.29 is 18.7 Å². The highest BCUT2D eigenvalue weighted by Crippen LogP contribution is 2.42. The highest BCUT2D eigenvalue weighted by Gasteiger charge is 2.39. The molecule has 1 amide bonds. The largest absolute Gasteiger partial charge is 0.459 e. The molecule has 1 unspecified atom stereocenters. The van der Waals surface area contributed by atoms with E-state index in [0.717, 1.165) is 16.5 Å². The molecule has 1 atom stereocenters. The van der Waals surface area contributed by atoms with Gasteiger partial charge in [-0.25, -0.2) is 9.18 Å². The van der Waals surface area contributed by atoms with Gasteiger partial charge in [-0.2, -0.15) is 0 Å². The number of carbonyl (C=O) groups is 2. The molecule has 3 aromatic rings. The average molecular weight is 435 g/mol. The molecule has 1 aromatic heterocycles. The molecule has 32 heavy (non-hydrogen) atoms. The first-order valence-electron chi connectivity index (χ1n) is 10.8. The van der Waals surface area contributed by atoms with Crippen molar-refractivity contribution in [2.24, 2.45) is 0 Å². The van der Waals surface area contributed by atoms with E-state index in [-0.39, 0.29) is 17.2 Å². The SMILES string of the molecule is CCC1(C)CN(C(=O)c2ccccc2F)C=C(C(=O)OC(C)C)c2[nH]c3ccccc3c21. The summed E-state index contributed by atoms with van der Waals surface area (Å²) in [5.74, 6) is -1.62. The monoisotopic (exact) mass is 434 g/mol. The smallest absolute Gasteiger partial charge is 0.342 e. The van der Waals surface area contributed by atoms with Gasteiger partial charge in [-0.3, -0.25) is 4.79 Å². The zero-order chi connectivity index (χ0) is 23.0. The van der Waals surface area contributed by atoms with Crippen LogP contribution in [0.1, 0.15) is 55.7 Å². The number of ether oxygens (including phenoxy) is 1. The number of esters is 1. The van der Waals surface area contributed by atoms with E-state index in [1.807, 2.05) is 24.3 Å². The molecular formula is C26H27FN2O3. The van der Waals surface area contributed by atoms with Crippen molar-refractivity contribution in [2.45, 2.75) is 45.6 Å². The molecule has 2 heterocycles. The molecule has 0 fully saturated rings. The summed E-state index contributed by atoms with van der Waals surface area (Å²) >= 11 is 0. The van der Waals surface area contributed by atoms with Gasteiger partial charge in [0.2, 0.25) is 0 Å². The fourth-order valence-corrected chi connectivity index (χ4v) is 4.33. The molecule has 0 radical (unpaired) electrons. The summed E-state index contributed by atoms with van der Waals surface area (Å²) in [5.41, 5.74) is 2.26. The summed E-state index contributed by atoms with van der Waals surface area (Å²) in [7, 11) is 0. The number of hydrogen-bond acceptors (Lipinski definition) is 3. The third-order valence-corrected chi connectivity index (χ3v) is 6.09. The Kier molecular flexibility index (Phi) is 5.63. The maximum absolute atomic E-state index is 14.4. The van der Waals surface area contributed by atoms with Crippen LogP contribution in [0.4, 0.5) is 4.39 Å². The second-order valence-corrected chi connectivity index (χ2v) is 8.74. The molecular weight excluding hydrogens is 407 g/mol. The Hall–Kier alpha value is -3.41. The highest BCUT2D eigenvalue weighted by atomic mass is 19.1. The molecule has 5 nitrogen and oxygen atoms in total. The lowest BCUT2D eigenvalue weighted by molar-refractivity contribution is -0.140. The van der Waals surface area contributed by atoms with Crippen LogP contribution in [0.15, 0.2) is 54.7 Å². The molecule has 0 spiro atoms. The fourth-order valence-electron chi connectivity index (χ4n) is 4.33. The number of hydrogen-bond donors (Lipinski definition) is 1. The van der Waals surface area contributed by atoms with Crippen LogP contribution in [0.2, 0.25) is 0 Å². The van der Waals surface area contributed by atoms with Crippen LogP contribution in [0.3, 0.4) is 0 Å². The van der Waals surface area contributed by atoms with Crippen molar-refractivity contribution in [1.82, 2.24) is 9.88 Å². The molecule has 0 saturated carbocycles. The van der Waals surface area contributed by atoms with E-state index in [1.54, 1.807) is 26.0 Å². The van der Waals surface area contributed by atoms with E-state index >= 15 is 0 Å². The fraction of sp³-hybridized carbons (Fsp3) is 0.308. The molecule has 0 saturated heterocycles. The van der Waals surface area contributed by atoms with Gasteiger partial charge in [0.1, 0.15) is 5.82 Å². The lowest BCUT2D eigenvalue weighted by Gasteiger charge is -2.32. The van der Waals surface area contributed by atoms with E-state index in [4.69, 9.17) is 4.74 Å². The molecule has 1 N–H and O–H groups in total. The predicted molar refractivity (Wildman–Crippen MR) is 123 cm³/mol. The Morgan fingerprint density at radius 3 is 2.53 bits per heavy atom. The molecule has 4 rings (SSSR count). The molecule has 166 valence electrons. The van der Waals surface area contributed by atoms with Gasteiger partial charge in [-0.15, -0.1) is 0 Å². The number of nitrogens with one attached hydrogen (secondary N) is 1. The lowest BCUT2D eigenvalue weighted by atomic mass is 9.77. The number of aromatic amines is 1. The Morgan fingerprint density at radius 2 is 1.84 bits per heavy atom. The minimum Gasteiger partial charge on any atom is -0.459 e. The van der Waals surface area contributed by atoms with Crippen molar-refractivity contribution >= 4 is 28.4 Å². The summed E-state index contributed by atoms with van der Waals surface area (Å²) < 4.78 is 20.0. The number of carbonyl (C=O) groups excluding carboxylic acids is 2. The maximum atomic E-state index is 14.4. The first-order chi connectivity index (χ1) is 15.2. The molecule has 1 aliphatic heterocycles. The summed E-state index contributed by atoms with van der Waals surface area (Å²) in [6.07, 6.45) is 1.89. The van der Waals surface area contributed by atoms with E-state index in [0.29, 0.717) is 18.7 Å². The molecule has 2 aromatic carbocycles. The summed E-state index contributed by atoms with van der Waals surface area (Å²) in [5, 5.41) is 0.996. The molecule has 0 aliphatic carbocycles. The van der Waals surface area contributed by atoms with Gasteiger partial charge in [0, 0.05) is 29.1 Å². The Labute approximate surface area is 186 Å². The van der Waals surface area contributed by atoms with Gasteiger partial charge >= 0.3 is 5.97 Å². The molecule has 6 heteroatoms. The second kappa shape index (κ2) is 8.26. The van der Waals surface area contributed by atoms with Crippen LogP contribution in [0.5, 0.6) is 0 Å². The number of nitrogens with zero attached hydrogens (tertiary/aromatic N) is 1. The Bertz CT molecular complexity index is 1230. The van der Waals surface area contributed by atoms with E-state index in [1.165, 1.54) is 23.2 Å². The van der Waals surface area contributed by atoms with Gasteiger partial charge in [-0.05, 0) is 44.0 Å². The molecule has 1 aliphatic rings. The van der Waals surface area contributed by atoms with E-state index in [9.17, 15) is 14.0 Å². The van der Waals surface area contributed by atoms with Crippen molar-refractivity contribution in [2.75, 3.05) is 6.54 Å². The minimum absolute atomic E-state index is 0.0331. The van der Waals surface area contributed by atoms with Gasteiger partial charge in [0.25, 0.3) is 5.91 Å². The zero-order valence-electron chi connectivity index (χ0n) is 18.7. The predicted octanol–water partition coefficient (Wildman–Crippen LogP) is 5.42. The third-order valence-electron chi connectivity index (χ3n) is 6.09. The second-order valence-electron chi connectivity index (χ2n) is 8.74. The number of benzene rings is 2. The number of fused-ring (bicyclic) bond motifs is 3. The number of amides is 1. The van der Waals surface area contributed by atoms with Crippen molar-refractivity contribution in [3.05, 3.63) is 77.4 Å². The first kappa shape index (κ1) is 21.8. The summed E-state index contributed by atoms with van der Waals surface area (Å²) in [6.45, 7) is 7.97. The van der Waals surface area contributed by atoms with Crippen LogP contribution >= 0.6 is 0 Å². The van der Waals surface area contributed by atoms with Crippen LogP contribution < -0.4 is 0 Å². The number of para-hydroxylation sites is 1. The van der Waals surface area contributed by atoms with Crippen LogP contribution in [-0.4, -0.2) is 34.4 Å². The van der Waals surface area contributed by atoms with Crippen molar-refractivity contribution in [3.8, 4) is 0 Å². The van der Waals surface area contributed by atoms with Gasteiger partial charge in [0.15, 0.2) is 0 Å². The topological polar surface area (TPSA) is 62.4 Å². The lowest BCUT2D eigenvalue weighted by Crippen LogP contribution is -2.38. The standard InChI is InChI=1S/C26H27FN2O3/c1-5-26(4)15-29(24(30)17-10-6-8-12-20(17)27)14-19(25(31)32-16(2)3)23-22(26)18-11-7-9-13-21(18)28-23/h6-14,16,28H,5,15H2,1-4H3. The summed E-state index contributed by atoms with van der Waals surface area (Å²) in [6, 6.07) is 13.8. The van der Waals surface area contributed by atoms with Crippen LogP contribution in [0, 0.1) is 5.82 Å². The zero-order valence-corrected chi connectivity index (χ0v) is 18.7. The Morgan fingerprint density at radius 1 is 1.16 bits per heavy atom. The number of halogens is 1. The van der Waals surface area contributed by atoms with Gasteiger partial charge in [-0.1, -0.05) is 44.2 Å². The average Bonchev–Trinajstić information content (AvgIpc) is 3.09. The maximum Gasteiger partial charge on any atom is 0.342 e. The van der Waals surface area contributed by atoms with Gasteiger partial charge in [0.05, 0.1) is 22.9 Å². The number of aromatic nitrogens is 1. The normalized spacial score (nSPS) is 18.3. The van der Waals surface area contributed by atoms with E-state index < -0.39 is 23.1 Å². The van der Waals surface area contributed by atoms with Gasteiger partial charge < -0.3 is 14.6 Å². The number of rotatable bonds is 4. The quantitative estimate of drug-likeness (QED) is 0.558.